The molecule has 0 spiro atoms. The molecule has 0 saturated carbocycles. The molecule has 0 aliphatic carbocycles. The summed E-state index contributed by atoms with van der Waals surface area (Å²) < 4.78 is 4.94. The molecule has 9 nitrogen and oxygen atoms in total. The number of hydrogen-bond acceptors (Lipinski definition) is 5. The SMILES string of the molecule is C#CCCCO.C1CCOC1.CCP(CC)CC.CCP(CC)CC.OCCCc1[c-]nn[nH]1.[Au+].[Au+].[B].[N-]=[N+]=[N-]. The van der Waals surface area contributed by atoms with Gasteiger partial charge in [-0.05, 0) is 69.1 Å². The Balaban J connectivity index is -0.0000000659. The van der Waals surface area contributed by atoms with Crippen LogP contribution in [0, 0.1) is 18.5 Å². The van der Waals surface area contributed by atoms with Crippen molar-refractivity contribution in [3.63, 3.8) is 0 Å². The van der Waals surface area contributed by atoms with Gasteiger partial charge >= 0.3 is 44.8 Å². The summed E-state index contributed by atoms with van der Waals surface area (Å²) >= 11 is 0. The van der Waals surface area contributed by atoms with E-state index >= 15 is 0 Å². The first kappa shape index (κ1) is 56.1. The molecule has 0 amide bonds. The number of hydrogen-bond donors (Lipinski definition) is 3. The molecule has 1 aromatic rings. The van der Waals surface area contributed by atoms with Crippen molar-refractivity contribution >= 4 is 24.3 Å². The van der Waals surface area contributed by atoms with Gasteiger partial charge < -0.3 is 42.4 Å². The van der Waals surface area contributed by atoms with E-state index in [4.69, 9.17) is 32.4 Å². The van der Waals surface area contributed by atoms with E-state index in [1.165, 1.54) is 54.7 Å². The fourth-order valence-corrected chi connectivity index (χ4v) is 5.28. The average molecular weight is 965 g/mol. The van der Waals surface area contributed by atoms with E-state index in [2.05, 4.69) is 69.1 Å². The van der Waals surface area contributed by atoms with Gasteiger partial charge in [0.05, 0.1) is 0 Å². The third-order valence-electron chi connectivity index (χ3n) is 4.99. The summed E-state index contributed by atoms with van der Waals surface area (Å²) in [5.74, 6) is 2.41. The minimum Gasteiger partial charge on any atom is -0.396 e. The zero-order valence-electron chi connectivity index (χ0n) is 25.5. The van der Waals surface area contributed by atoms with Crippen molar-refractivity contribution in [1.29, 1.82) is 0 Å². The Morgan fingerprint density at radius 1 is 0.900 bits per heavy atom. The van der Waals surface area contributed by atoms with Gasteiger partial charge in [-0.1, -0.05) is 41.5 Å². The molecular formula is C26H54Au2BN6O3P2. The van der Waals surface area contributed by atoms with Crippen LogP contribution in [0.4, 0.5) is 0 Å². The van der Waals surface area contributed by atoms with Crippen LogP contribution < -0.4 is 0 Å². The topological polar surface area (TPSA) is 150 Å². The Bertz CT molecular complexity index is 559. The second-order valence-corrected chi connectivity index (χ2v) is 13.9. The number of nitrogens with one attached hydrogen (secondary N) is 1. The molecule has 1 fully saturated rings. The zero-order valence-corrected chi connectivity index (χ0v) is 31.6. The zero-order chi connectivity index (χ0) is 29.0. The second kappa shape index (κ2) is 55.3. The molecule has 0 bridgehead atoms. The summed E-state index contributed by atoms with van der Waals surface area (Å²) in [5, 5.41) is 26.1. The van der Waals surface area contributed by atoms with E-state index in [9.17, 15) is 0 Å². The average Bonchev–Trinajstić information content (AvgIpc) is 3.68. The summed E-state index contributed by atoms with van der Waals surface area (Å²) in [6, 6.07) is 0. The van der Waals surface area contributed by atoms with Crippen molar-refractivity contribution in [2.45, 2.75) is 80.1 Å². The van der Waals surface area contributed by atoms with Crippen LogP contribution in [0.5, 0.6) is 0 Å². The smallest absolute Gasteiger partial charge is 0.396 e. The molecule has 14 heteroatoms. The van der Waals surface area contributed by atoms with Crippen molar-refractivity contribution in [3.05, 3.63) is 27.9 Å². The first-order chi connectivity index (χ1) is 18.0. The number of H-pyrrole nitrogens is 1. The number of ether oxygens (including phenoxy) is 1. The summed E-state index contributed by atoms with van der Waals surface area (Å²) in [5.41, 5.74) is 14.4. The minimum absolute atomic E-state index is 0. The quantitative estimate of drug-likeness (QED) is 0.0351. The molecule has 241 valence electrons. The molecular weight excluding hydrogens is 911 g/mol. The minimum atomic E-state index is 0. The van der Waals surface area contributed by atoms with E-state index < -0.39 is 0 Å². The number of aryl methyl sites for hydroxylation is 1. The number of terminal acetylenes is 1. The first-order valence-corrected chi connectivity index (χ1v) is 17.2. The van der Waals surface area contributed by atoms with Crippen LogP contribution in [-0.2, 0) is 55.9 Å². The van der Waals surface area contributed by atoms with Gasteiger partial charge in [0.15, 0.2) is 0 Å². The number of aromatic amines is 1. The van der Waals surface area contributed by atoms with Crippen molar-refractivity contribution < 1.29 is 59.7 Å². The first-order valence-electron chi connectivity index (χ1n) is 13.4. The van der Waals surface area contributed by atoms with Gasteiger partial charge in [0.1, 0.15) is 0 Å². The van der Waals surface area contributed by atoms with Crippen LogP contribution in [0.3, 0.4) is 0 Å². The molecule has 40 heavy (non-hydrogen) atoms. The molecule has 3 radical (unpaired) electrons. The molecule has 1 aliphatic rings. The van der Waals surface area contributed by atoms with Crippen LogP contribution in [0.1, 0.15) is 79.3 Å². The maximum absolute atomic E-state index is 8.40. The molecule has 2 heterocycles. The van der Waals surface area contributed by atoms with Crippen LogP contribution in [0.2, 0.25) is 0 Å². The molecule has 1 saturated heterocycles. The Labute approximate surface area is 281 Å². The third kappa shape index (κ3) is 54.4. The fourth-order valence-electron chi connectivity index (χ4n) is 2.60. The maximum Gasteiger partial charge on any atom is 1.00 e. The fraction of sp³-hybridized carbons (Fsp3) is 0.846. The van der Waals surface area contributed by atoms with E-state index in [0.29, 0.717) is 22.3 Å². The van der Waals surface area contributed by atoms with Gasteiger partial charge in [-0.2, -0.15) is 0 Å². The van der Waals surface area contributed by atoms with Crippen LogP contribution in [-0.4, -0.2) is 97.4 Å². The predicted molar refractivity (Wildman–Crippen MR) is 169 cm³/mol. The van der Waals surface area contributed by atoms with Crippen molar-refractivity contribution in [1.82, 2.24) is 15.4 Å². The van der Waals surface area contributed by atoms with E-state index in [1.807, 2.05) is 0 Å². The molecule has 0 aromatic carbocycles. The van der Waals surface area contributed by atoms with Crippen molar-refractivity contribution in [2.75, 3.05) is 63.4 Å². The Morgan fingerprint density at radius 3 is 1.48 bits per heavy atom. The van der Waals surface area contributed by atoms with Gasteiger partial charge in [0, 0.05) is 41.3 Å². The summed E-state index contributed by atoms with van der Waals surface area (Å²) in [6.07, 6.45) is 21.5. The second-order valence-electron chi connectivity index (χ2n) is 7.41. The van der Waals surface area contributed by atoms with Crippen LogP contribution in [0.15, 0.2) is 0 Å². The third-order valence-corrected chi connectivity index (χ3v) is 10.4. The van der Waals surface area contributed by atoms with E-state index in [0.717, 1.165) is 38.2 Å². The molecule has 1 aliphatic heterocycles. The van der Waals surface area contributed by atoms with E-state index in [1.54, 1.807) is 0 Å². The Hall–Kier alpha value is 0.295. The molecule has 0 unspecified atom stereocenters. The normalized spacial score (nSPS) is 10.1. The summed E-state index contributed by atoms with van der Waals surface area (Å²) in [4.78, 5) is 1.50. The number of rotatable bonds is 11. The monoisotopic (exact) mass is 965 g/mol. The van der Waals surface area contributed by atoms with Crippen molar-refractivity contribution in [3.8, 4) is 12.3 Å². The number of unbranched alkanes of at least 4 members (excludes halogenated alkanes) is 1. The van der Waals surface area contributed by atoms with Crippen LogP contribution >= 0.6 is 15.8 Å². The Kier molecular flexibility index (Phi) is 77.5. The summed E-state index contributed by atoms with van der Waals surface area (Å²) in [7, 11) is 0.892. The summed E-state index contributed by atoms with van der Waals surface area (Å²) in [6.45, 7) is 16.2. The van der Waals surface area contributed by atoms with E-state index in [-0.39, 0.29) is 66.4 Å². The van der Waals surface area contributed by atoms with Gasteiger partial charge in [-0.3, -0.25) is 4.91 Å². The largest absolute Gasteiger partial charge is 1.00 e. The maximum atomic E-state index is 8.40. The number of aromatic nitrogens is 3. The van der Waals surface area contributed by atoms with Crippen molar-refractivity contribution in [2.24, 2.45) is 0 Å². The van der Waals surface area contributed by atoms with Gasteiger partial charge in [0.2, 0.25) is 0 Å². The standard InChI is InChI=1S/2C6H15P.C5H8N3O.C5H8O.C4H8O.2Au.B.N3/c2*1-4-7(5-2)6-3;9-3-1-2-5-4-6-8-7-5;1-2-3-4-5-6;1-2-4-5-3-1;;;;1-3-2/h2*4-6H2,1-3H3;9H,1-3H2,(H,6,7,8);1,6H,3-5H2;1-4H2;;;;/q;;-1;;;2*+1;;-1. The number of nitrogens with zero attached hydrogens (tertiary/aromatic N) is 5. The predicted octanol–water partition coefficient (Wildman–Crippen LogP) is 6.25. The number of aliphatic hydroxyl groups is 2. The molecule has 1 aromatic heterocycles. The molecule has 0 atom stereocenters. The van der Waals surface area contributed by atoms with Gasteiger partial charge in [0.25, 0.3) is 0 Å². The van der Waals surface area contributed by atoms with Crippen LogP contribution in [0.25, 0.3) is 16.0 Å². The Morgan fingerprint density at radius 2 is 1.30 bits per heavy atom. The van der Waals surface area contributed by atoms with Gasteiger partial charge in [-0.15, -0.1) is 39.1 Å². The number of aliphatic hydroxyl groups excluding tert-OH is 2. The van der Waals surface area contributed by atoms with Gasteiger partial charge in [-0.25, -0.2) is 0 Å². The molecule has 2 rings (SSSR count). The molecule has 3 N–H and O–H groups in total.